The first-order chi connectivity index (χ1) is 7.20. The molecule has 0 amide bonds. The van der Waals surface area contributed by atoms with Crippen LogP contribution < -0.4 is 11.5 Å². The maximum absolute atomic E-state index is 5.98. The molecule has 0 bridgehead atoms. The number of anilines is 1. The number of nitrogens with zero attached hydrogens (tertiary/aromatic N) is 1. The number of hydrogen-bond donors (Lipinski definition) is 2. The van der Waals surface area contributed by atoms with Gasteiger partial charge in [0.05, 0.1) is 5.37 Å². The highest BCUT2D eigenvalue weighted by Gasteiger charge is 2.08. The fourth-order valence-corrected chi connectivity index (χ4v) is 2.11. The van der Waals surface area contributed by atoms with Gasteiger partial charge in [0, 0.05) is 0 Å². The van der Waals surface area contributed by atoms with E-state index in [0.29, 0.717) is 5.58 Å². The molecule has 0 aliphatic carbocycles. The standard InChI is InChI=1S/C10H13N3OS/c1-2-15-9(11)6-3-4-8-7(5-6)13-10(12)14-8/h3-5,9H,2,11H2,1H3,(H2,12,13). The third-order valence-corrected chi connectivity index (χ3v) is 3.07. The quantitative estimate of drug-likeness (QED) is 0.779. The van der Waals surface area contributed by atoms with Crippen molar-refractivity contribution in [3.8, 4) is 0 Å². The first-order valence-corrected chi connectivity index (χ1v) is 5.78. The minimum absolute atomic E-state index is 0.0164. The molecule has 2 aromatic rings. The second kappa shape index (κ2) is 4.12. The summed E-state index contributed by atoms with van der Waals surface area (Å²) in [5.74, 6) is 0.986. The monoisotopic (exact) mass is 223 g/mol. The fraction of sp³-hybridized carbons (Fsp3) is 0.300. The van der Waals surface area contributed by atoms with Crippen molar-refractivity contribution >= 4 is 28.9 Å². The van der Waals surface area contributed by atoms with Crippen molar-refractivity contribution in [3.05, 3.63) is 23.8 Å². The topological polar surface area (TPSA) is 78.1 Å². The van der Waals surface area contributed by atoms with Gasteiger partial charge in [-0.15, -0.1) is 11.8 Å². The predicted octanol–water partition coefficient (Wildman–Crippen LogP) is 2.12. The highest BCUT2D eigenvalue weighted by molar-refractivity contribution is 7.99. The zero-order chi connectivity index (χ0) is 10.8. The molecule has 1 unspecified atom stereocenters. The van der Waals surface area contributed by atoms with Crippen LogP contribution in [0.1, 0.15) is 17.9 Å². The molecule has 0 fully saturated rings. The summed E-state index contributed by atoms with van der Waals surface area (Å²) >= 11 is 1.69. The van der Waals surface area contributed by atoms with Crippen LogP contribution >= 0.6 is 11.8 Å². The number of oxazole rings is 1. The summed E-state index contributed by atoms with van der Waals surface area (Å²) in [6.07, 6.45) is 0. The summed E-state index contributed by atoms with van der Waals surface area (Å²) in [7, 11) is 0. The van der Waals surface area contributed by atoms with E-state index >= 15 is 0 Å². The maximum atomic E-state index is 5.98. The molecule has 0 aliphatic heterocycles. The van der Waals surface area contributed by atoms with Gasteiger partial charge < -0.3 is 15.9 Å². The molecule has 0 aliphatic rings. The number of hydrogen-bond acceptors (Lipinski definition) is 5. The molecular formula is C10H13N3OS. The number of rotatable bonds is 3. The number of fused-ring (bicyclic) bond motifs is 1. The average Bonchev–Trinajstić information content (AvgIpc) is 2.57. The second-order valence-electron chi connectivity index (χ2n) is 3.16. The summed E-state index contributed by atoms with van der Waals surface area (Å²) < 4.78 is 5.18. The van der Waals surface area contributed by atoms with Crippen LogP contribution in [0.5, 0.6) is 0 Å². The van der Waals surface area contributed by atoms with Crippen LogP contribution in [0.25, 0.3) is 11.1 Å². The third-order valence-electron chi connectivity index (χ3n) is 2.10. The minimum atomic E-state index is -0.0164. The molecule has 2 rings (SSSR count). The van der Waals surface area contributed by atoms with Gasteiger partial charge in [0.25, 0.3) is 6.01 Å². The van der Waals surface area contributed by atoms with E-state index in [1.807, 2.05) is 18.2 Å². The van der Waals surface area contributed by atoms with Gasteiger partial charge in [-0.3, -0.25) is 0 Å². The molecule has 1 aromatic heterocycles. The van der Waals surface area contributed by atoms with E-state index in [9.17, 15) is 0 Å². The number of aromatic nitrogens is 1. The van der Waals surface area contributed by atoms with Crippen LogP contribution in [0.4, 0.5) is 6.01 Å². The lowest BCUT2D eigenvalue weighted by molar-refractivity contribution is 0.626. The second-order valence-corrected chi connectivity index (χ2v) is 4.57. The molecule has 80 valence electrons. The Hall–Kier alpha value is -1.20. The van der Waals surface area contributed by atoms with Crippen molar-refractivity contribution in [3.63, 3.8) is 0 Å². The maximum Gasteiger partial charge on any atom is 0.292 e. The third kappa shape index (κ3) is 2.08. The summed E-state index contributed by atoms with van der Waals surface area (Å²) in [4.78, 5) is 4.06. The first-order valence-electron chi connectivity index (χ1n) is 4.74. The lowest BCUT2D eigenvalue weighted by Crippen LogP contribution is -2.05. The van der Waals surface area contributed by atoms with Crippen molar-refractivity contribution in [2.24, 2.45) is 5.73 Å². The molecule has 0 spiro atoms. The molecule has 5 heteroatoms. The van der Waals surface area contributed by atoms with E-state index in [-0.39, 0.29) is 11.4 Å². The van der Waals surface area contributed by atoms with E-state index in [2.05, 4.69) is 11.9 Å². The molecule has 0 radical (unpaired) electrons. The van der Waals surface area contributed by atoms with Gasteiger partial charge in [0.2, 0.25) is 0 Å². The van der Waals surface area contributed by atoms with Crippen LogP contribution in [0.2, 0.25) is 0 Å². The Morgan fingerprint density at radius 2 is 2.33 bits per heavy atom. The smallest absolute Gasteiger partial charge is 0.292 e. The van der Waals surface area contributed by atoms with Crippen LogP contribution in [0, 0.1) is 0 Å². The van der Waals surface area contributed by atoms with Gasteiger partial charge in [-0.25, -0.2) is 0 Å². The van der Waals surface area contributed by atoms with Gasteiger partial charge in [-0.05, 0) is 23.4 Å². The van der Waals surface area contributed by atoms with E-state index in [1.54, 1.807) is 11.8 Å². The lowest BCUT2D eigenvalue weighted by atomic mass is 10.2. The van der Waals surface area contributed by atoms with E-state index < -0.39 is 0 Å². The van der Waals surface area contributed by atoms with Crippen molar-refractivity contribution in [1.82, 2.24) is 4.98 Å². The Morgan fingerprint density at radius 1 is 1.53 bits per heavy atom. The molecule has 15 heavy (non-hydrogen) atoms. The lowest BCUT2D eigenvalue weighted by Gasteiger charge is -2.09. The molecule has 4 nitrogen and oxygen atoms in total. The Balaban J connectivity index is 2.37. The largest absolute Gasteiger partial charge is 0.424 e. The summed E-state index contributed by atoms with van der Waals surface area (Å²) in [5.41, 5.74) is 13.9. The highest BCUT2D eigenvalue weighted by Crippen LogP contribution is 2.26. The number of nitrogen functional groups attached to an aromatic ring is 1. The van der Waals surface area contributed by atoms with Crippen LogP contribution in [-0.4, -0.2) is 10.7 Å². The minimum Gasteiger partial charge on any atom is -0.424 e. The van der Waals surface area contributed by atoms with Gasteiger partial charge >= 0.3 is 0 Å². The Bertz CT molecular complexity index is 469. The van der Waals surface area contributed by atoms with Crippen LogP contribution in [0.15, 0.2) is 22.6 Å². The van der Waals surface area contributed by atoms with Crippen molar-refractivity contribution in [2.45, 2.75) is 12.3 Å². The summed E-state index contributed by atoms with van der Waals surface area (Å²) in [6.45, 7) is 2.08. The fourth-order valence-electron chi connectivity index (χ4n) is 1.42. The molecular weight excluding hydrogens is 210 g/mol. The van der Waals surface area contributed by atoms with E-state index in [4.69, 9.17) is 15.9 Å². The zero-order valence-corrected chi connectivity index (χ0v) is 9.25. The molecule has 1 aromatic carbocycles. The van der Waals surface area contributed by atoms with E-state index in [1.165, 1.54) is 0 Å². The van der Waals surface area contributed by atoms with Gasteiger partial charge in [-0.2, -0.15) is 4.98 Å². The van der Waals surface area contributed by atoms with E-state index in [0.717, 1.165) is 16.8 Å². The van der Waals surface area contributed by atoms with Crippen LogP contribution in [-0.2, 0) is 0 Å². The number of nitrogens with two attached hydrogens (primary N) is 2. The summed E-state index contributed by atoms with van der Waals surface area (Å²) in [5, 5.41) is -0.0164. The molecule has 1 atom stereocenters. The number of benzene rings is 1. The van der Waals surface area contributed by atoms with Crippen molar-refractivity contribution in [2.75, 3.05) is 11.5 Å². The highest BCUT2D eigenvalue weighted by atomic mass is 32.2. The van der Waals surface area contributed by atoms with Crippen molar-refractivity contribution in [1.29, 1.82) is 0 Å². The molecule has 1 heterocycles. The van der Waals surface area contributed by atoms with Gasteiger partial charge in [-0.1, -0.05) is 13.0 Å². The Labute approximate surface area is 92.0 Å². The van der Waals surface area contributed by atoms with Gasteiger partial charge in [0.15, 0.2) is 5.58 Å². The van der Waals surface area contributed by atoms with Crippen molar-refractivity contribution < 1.29 is 4.42 Å². The number of thioether (sulfide) groups is 1. The molecule has 4 N–H and O–H groups in total. The summed E-state index contributed by atoms with van der Waals surface area (Å²) in [6, 6.07) is 5.91. The SMILES string of the molecule is CCSC(N)c1ccc2oc(N)nc2c1. The Kier molecular flexibility index (Phi) is 2.83. The normalized spacial score (nSPS) is 13.2. The zero-order valence-electron chi connectivity index (χ0n) is 8.43. The predicted molar refractivity (Wildman–Crippen MR) is 63.5 cm³/mol. The Morgan fingerprint density at radius 3 is 3.07 bits per heavy atom. The average molecular weight is 223 g/mol. The molecule has 0 saturated carbocycles. The molecule has 0 saturated heterocycles. The van der Waals surface area contributed by atoms with Gasteiger partial charge in [0.1, 0.15) is 5.52 Å². The first kappa shape index (κ1) is 10.3. The van der Waals surface area contributed by atoms with Crippen LogP contribution in [0.3, 0.4) is 0 Å².